The van der Waals surface area contributed by atoms with E-state index in [1.165, 1.54) is 25.3 Å². The van der Waals surface area contributed by atoms with Crippen molar-refractivity contribution in [2.75, 3.05) is 5.32 Å². The van der Waals surface area contributed by atoms with Crippen molar-refractivity contribution in [2.45, 2.75) is 45.5 Å². The van der Waals surface area contributed by atoms with Gasteiger partial charge in [-0.3, -0.25) is 9.59 Å². The Morgan fingerprint density at radius 1 is 1.07 bits per heavy atom. The Bertz CT molecular complexity index is 1650. The van der Waals surface area contributed by atoms with Gasteiger partial charge in [-0.2, -0.15) is 31.8 Å². The molecule has 2 amide bonds. The molecule has 0 aliphatic rings. The van der Waals surface area contributed by atoms with Crippen molar-refractivity contribution >= 4 is 29.1 Å². The predicted molar refractivity (Wildman–Crippen MR) is 135 cm³/mol. The molecule has 18 heteroatoms. The molecule has 3 aromatic heterocycles. The van der Waals surface area contributed by atoms with Gasteiger partial charge in [0.05, 0.1) is 22.0 Å². The number of aryl methyl sites for hydroxylation is 1. The van der Waals surface area contributed by atoms with Gasteiger partial charge in [0.25, 0.3) is 17.6 Å². The SMILES string of the molecule is Cc1cc(F)cc(C(=O)NC(C)C)c1NC(=O)c1cc(Cn2nnc(C(F)(F)C(F)(F)F)n2)nn1-c1ncccc1Cl. The molecule has 3 heterocycles. The van der Waals surface area contributed by atoms with Crippen molar-refractivity contribution in [2.24, 2.45) is 0 Å². The summed E-state index contributed by atoms with van der Waals surface area (Å²) in [6.45, 7) is 4.26. The van der Waals surface area contributed by atoms with Crippen LogP contribution in [0.5, 0.6) is 0 Å². The largest absolute Gasteiger partial charge is 0.461 e. The molecule has 0 atom stereocenters. The maximum Gasteiger partial charge on any atom is 0.461 e. The smallest absolute Gasteiger partial charge is 0.350 e. The molecular weight excluding hydrogens is 596 g/mol. The first-order chi connectivity index (χ1) is 19.6. The van der Waals surface area contributed by atoms with Crippen LogP contribution in [0.2, 0.25) is 5.02 Å². The quantitative estimate of drug-likeness (QED) is 0.280. The van der Waals surface area contributed by atoms with E-state index in [-0.39, 0.29) is 45.1 Å². The first-order valence-electron chi connectivity index (χ1n) is 11.9. The summed E-state index contributed by atoms with van der Waals surface area (Å²) in [6, 6.07) is 5.84. The highest BCUT2D eigenvalue weighted by Gasteiger charge is 2.62. The third-order valence-electron chi connectivity index (χ3n) is 5.53. The van der Waals surface area contributed by atoms with Crippen LogP contribution in [0.25, 0.3) is 5.82 Å². The lowest BCUT2D eigenvalue weighted by atomic mass is 10.1. The molecule has 0 radical (unpaired) electrons. The van der Waals surface area contributed by atoms with Crippen molar-refractivity contribution in [1.82, 2.24) is 40.3 Å². The Morgan fingerprint density at radius 3 is 2.43 bits per heavy atom. The third-order valence-corrected chi connectivity index (χ3v) is 5.82. The molecule has 4 rings (SSSR count). The summed E-state index contributed by atoms with van der Waals surface area (Å²) >= 11 is 6.24. The minimum atomic E-state index is -5.95. The number of nitrogens with one attached hydrogen (secondary N) is 2. The highest BCUT2D eigenvalue weighted by atomic mass is 35.5. The molecule has 1 aromatic carbocycles. The van der Waals surface area contributed by atoms with Gasteiger partial charge in [-0.05, 0) is 61.9 Å². The average molecular weight is 616 g/mol. The highest BCUT2D eigenvalue weighted by Crippen LogP contribution is 2.41. The Balaban J connectivity index is 1.73. The first kappa shape index (κ1) is 30.4. The molecule has 42 heavy (non-hydrogen) atoms. The normalized spacial score (nSPS) is 12.1. The van der Waals surface area contributed by atoms with Gasteiger partial charge >= 0.3 is 12.1 Å². The van der Waals surface area contributed by atoms with E-state index in [4.69, 9.17) is 11.6 Å². The summed E-state index contributed by atoms with van der Waals surface area (Å²) in [5.74, 6) is -9.53. The fourth-order valence-electron chi connectivity index (χ4n) is 3.68. The van der Waals surface area contributed by atoms with E-state index in [2.05, 4.69) is 36.1 Å². The number of hydrogen-bond acceptors (Lipinski definition) is 7. The average Bonchev–Trinajstić information content (AvgIpc) is 3.52. The second-order valence-electron chi connectivity index (χ2n) is 9.18. The Kier molecular flexibility index (Phi) is 8.25. The molecule has 11 nitrogen and oxygen atoms in total. The molecule has 0 bridgehead atoms. The molecule has 0 saturated heterocycles. The number of nitrogens with zero attached hydrogens (tertiary/aromatic N) is 7. The molecule has 0 aliphatic carbocycles. The van der Waals surface area contributed by atoms with E-state index < -0.39 is 42.1 Å². The minimum Gasteiger partial charge on any atom is -0.350 e. The summed E-state index contributed by atoms with van der Waals surface area (Å²) in [7, 11) is 0. The van der Waals surface area contributed by atoms with Crippen LogP contribution in [0, 0.1) is 12.7 Å². The second kappa shape index (κ2) is 11.4. The van der Waals surface area contributed by atoms with Crippen LogP contribution < -0.4 is 10.6 Å². The van der Waals surface area contributed by atoms with Crippen LogP contribution in [-0.4, -0.2) is 59.0 Å². The number of carbonyl (C=O) groups excluding carboxylic acids is 2. The number of hydrogen-bond donors (Lipinski definition) is 2. The molecule has 222 valence electrons. The van der Waals surface area contributed by atoms with Gasteiger partial charge in [-0.1, -0.05) is 11.6 Å². The number of carbonyl (C=O) groups is 2. The molecule has 2 N–H and O–H groups in total. The van der Waals surface area contributed by atoms with Crippen LogP contribution in [0.15, 0.2) is 36.5 Å². The van der Waals surface area contributed by atoms with Gasteiger partial charge in [-0.25, -0.2) is 14.1 Å². The zero-order valence-electron chi connectivity index (χ0n) is 21.8. The van der Waals surface area contributed by atoms with Gasteiger partial charge in [0.15, 0.2) is 5.82 Å². The Hall–Kier alpha value is -4.54. The number of aromatic nitrogens is 7. The van der Waals surface area contributed by atoms with Gasteiger partial charge < -0.3 is 10.6 Å². The summed E-state index contributed by atoms with van der Waals surface area (Å²) in [6.07, 6.45) is -4.61. The van der Waals surface area contributed by atoms with E-state index in [0.29, 0.717) is 4.80 Å². The number of amides is 2. The minimum absolute atomic E-state index is 0.0158. The van der Waals surface area contributed by atoms with Crippen molar-refractivity contribution in [3.8, 4) is 5.82 Å². The van der Waals surface area contributed by atoms with E-state index in [1.807, 2.05) is 0 Å². The van der Waals surface area contributed by atoms with E-state index in [1.54, 1.807) is 13.8 Å². The van der Waals surface area contributed by atoms with Gasteiger partial charge in [0.2, 0.25) is 0 Å². The topological polar surface area (TPSA) is 133 Å². The van der Waals surface area contributed by atoms with Gasteiger partial charge in [0.1, 0.15) is 18.1 Å². The number of pyridine rings is 1. The number of tetrazole rings is 1. The van der Waals surface area contributed by atoms with Crippen LogP contribution >= 0.6 is 11.6 Å². The number of benzene rings is 1. The zero-order chi connectivity index (χ0) is 31.0. The number of rotatable bonds is 8. The van der Waals surface area contributed by atoms with Crippen LogP contribution in [0.1, 0.15) is 51.8 Å². The van der Waals surface area contributed by atoms with Gasteiger partial charge in [0, 0.05) is 12.2 Å². The number of alkyl halides is 5. The molecule has 0 fully saturated rings. The lowest BCUT2D eigenvalue weighted by Crippen LogP contribution is -2.35. The molecular formula is C24H20ClF6N9O2. The molecule has 0 saturated carbocycles. The lowest BCUT2D eigenvalue weighted by Gasteiger charge is -2.16. The standard InChI is InChI=1S/C24H20ClF6N9O2/c1-11(2)33-20(41)15-8-13(26)7-12(3)18(15)34-21(42)17-9-14(36-40(17)19-16(25)5-4-6-32-19)10-39-37-22(35-38-39)23(27,28)24(29,30)31/h4-9,11H,10H2,1-3H3,(H,33,41)(H,34,42). The number of halogens is 7. The van der Waals surface area contributed by atoms with E-state index >= 15 is 0 Å². The lowest BCUT2D eigenvalue weighted by molar-refractivity contribution is -0.292. The zero-order valence-corrected chi connectivity index (χ0v) is 22.6. The van der Waals surface area contributed by atoms with Crippen molar-refractivity contribution in [3.63, 3.8) is 0 Å². The summed E-state index contributed by atoms with van der Waals surface area (Å²) in [5.41, 5.74) is -0.302. The second-order valence-corrected chi connectivity index (χ2v) is 9.59. The van der Waals surface area contributed by atoms with Crippen molar-refractivity contribution in [1.29, 1.82) is 0 Å². The van der Waals surface area contributed by atoms with Crippen molar-refractivity contribution in [3.05, 3.63) is 75.7 Å². The van der Waals surface area contributed by atoms with Crippen LogP contribution in [0.3, 0.4) is 0 Å². The number of anilines is 1. The van der Waals surface area contributed by atoms with Crippen LogP contribution in [0.4, 0.5) is 32.0 Å². The van der Waals surface area contributed by atoms with Crippen LogP contribution in [-0.2, 0) is 12.5 Å². The molecule has 4 aromatic rings. The summed E-state index contributed by atoms with van der Waals surface area (Å²) in [4.78, 5) is 30.8. The first-order valence-corrected chi connectivity index (χ1v) is 12.3. The summed E-state index contributed by atoms with van der Waals surface area (Å²) < 4.78 is 80.5. The molecule has 0 unspecified atom stereocenters. The Labute approximate surface area is 237 Å². The molecule has 0 spiro atoms. The fraction of sp³-hybridized carbons (Fsp3) is 0.292. The van der Waals surface area contributed by atoms with E-state index in [9.17, 15) is 35.9 Å². The Morgan fingerprint density at radius 2 is 1.79 bits per heavy atom. The molecule has 0 aliphatic heterocycles. The maximum atomic E-state index is 14.2. The summed E-state index contributed by atoms with van der Waals surface area (Å²) in [5, 5.41) is 18.5. The van der Waals surface area contributed by atoms with Gasteiger partial charge in [-0.15, -0.1) is 10.2 Å². The highest BCUT2D eigenvalue weighted by molar-refractivity contribution is 6.32. The predicted octanol–water partition coefficient (Wildman–Crippen LogP) is 4.45. The monoisotopic (exact) mass is 615 g/mol. The fourth-order valence-corrected chi connectivity index (χ4v) is 3.88. The van der Waals surface area contributed by atoms with E-state index in [0.717, 1.165) is 22.9 Å². The van der Waals surface area contributed by atoms with Crippen molar-refractivity contribution < 1.29 is 35.9 Å². The maximum absolute atomic E-state index is 14.2. The third kappa shape index (κ3) is 6.19.